The Kier molecular flexibility index (Phi) is 34.8. The van der Waals surface area contributed by atoms with Gasteiger partial charge in [0, 0.05) is 13.1 Å². The summed E-state index contributed by atoms with van der Waals surface area (Å²) in [5.74, 6) is 0. The van der Waals surface area contributed by atoms with Crippen LogP contribution in [0.4, 0.5) is 0 Å². The van der Waals surface area contributed by atoms with Gasteiger partial charge in [0.2, 0.25) is 0 Å². The molecule has 66 valence electrons. The topological polar surface area (TPSA) is 46.2 Å². The van der Waals surface area contributed by atoms with Crippen LogP contribution < -0.4 is 5.32 Å². The molecule has 0 saturated carbocycles. The highest BCUT2D eigenvalue weighted by molar-refractivity contribution is 7.51. The molecule has 0 aromatic heterocycles. The van der Waals surface area contributed by atoms with Crippen molar-refractivity contribution >= 4 is 24.0 Å². The van der Waals surface area contributed by atoms with Crippen molar-refractivity contribution in [2.45, 2.75) is 0 Å². The molecule has 3 nitrogen and oxygen atoms in total. The Morgan fingerprint density at radius 2 is 1.45 bits per heavy atom. The van der Waals surface area contributed by atoms with Crippen LogP contribution in [-0.4, -0.2) is 21.5 Å². The van der Waals surface area contributed by atoms with Crippen LogP contribution in [0, 0.1) is 0 Å². The number of hydrogen-bond acceptors (Lipinski definition) is 3. The van der Waals surface area contributed by atoms with Gasteiger partial charge in [-0.15, -0.1) is 25.6 Å². The Hall–Kier alpha value is -0.450. The molecule has 0 rings (SSSR count). The van der Waals surface area contributed by atoms with Crippen LogP contribution in [0.5, 0.6) is 0 Å². The van der Waals surface area contributed by atoms with Gasteiger partial charge in [-0.05, 0) is 0 Å². The largest absolute Gasteiger partial charge is 0.335 e. The zero-order valence-corrected chi connectivity index (χ0v) is 7.75. The Labute approximate surface area is 76.6 Å². The molecular formula is C6H12ClNO2S. The van der Waals surface area contributed by atoms with Crippen LogP contribution in [0.3, 0.4) is 0 Å². The number of rotatable bonds is 4. The summed E-state index contributed by atoms with van der Waals surface area (Å²) in [4.78, 5) is 0. The van der Waals surface area contributed by atoms with Gasteiger partial charge in [-0.1, -0.05) is 12.2 Å². The van der Waals surface area contributed by atoms with Crippen molar-refractivity contribution in [3.63, 3.8) is 0 Å². The quantitative estimate of drug-likeness (QED) is 0.533. The maximum atomic E-state index is 8.29. The Morgan fingerprint density at radius 3 is 1.64 bits per heavy atom. The van der Waals surface area contributed by atoms with Crippen LogP contribution in [-0.2, 0) is 11.6 Å². The Bertz CT molecular complexity index is 116. The van der Waals surface area contributed by atoms with E-state index in [0.717, 1.165) is 13.1 Å². The van der Waals surface area contributed by atoms with Crippen molar-refractivity contribution < 1.29 is 8.42 Å². The number of hydrogen-bond donors (Lipinski definition) is 1. The summed E-state index contributed by atoms with van der Waals surface area (Å²) in [6.07, 6.45) is 3.65. The minimum absolute atomic E-state index is 0. The first-order valence-corrected chi connectivity index (χ1v) is 3.34. The molecule has 0 saturated heterocycles. The first-order valence-electron chi connectivity index (χ1n) is 2.67. The Morgan fingerprint density at radius 1 is 1.18 bits per heavy atom. The summed E-state index contributed by atoms with van der Waals surface area (Å²) >= 11 is -0.750. The highest BCUT2D eigenvalue weighted by Gasteiger charge is 1.69. The lowest BCUT2D eigenvalue weighted by Crippen LogP contribution is -2.11. The van der Waals surface area contributed by atoms with Gasteiger partial charge in [0.05, 0.1) is 0 Å². The molecular weight excluding hydrogens is 186 g/mol. The van der Waals surface area contributed by atoms with E-state index in [1.165, 1.54) is 0 Å². The van der Waals surface area contributed by atoms with Crippen LogP contribution in [0.2, 0.25) is 0 Å². The molecule has 0 bridgehead atoms. The van der Waals surface area contributed by atoms with Gasteiger partial charge >= 0.3 is 11.6 Å². The number of nitrogens with one attached hydrogen (secondary N) is 1. The van der Waals surface area contributed by atoms with Crippen molar-refractivity contribution in [1.29, 1.82) is 0 Å². The van der Waals surface area contributed by atoms with E-state index >= 15 is 0 Å². The van der Waals surface area contributed by atoms with Gasteiger partial charge in [0.15, 0.2) is 0 Å². The molecule has 0 radical (unpaired) electrons. The van der Waals surface area contributed by atoms with Gasteiger partial charge < -0.3 is 5.32 Å². The third kappa shape index (κ3) is 43.2. The van der Waals surface area contributed by atoms with Crippen molar-refractivity contribution in [3.8, 4) is 0 Å². The third-order valence-corrected chi connectivity index (χ3v) is 0.577. The summed E-state index contributed by atoms with van der Waals surface area (Å²) in [5.41, 5.74) is 0. The zero-order chi connectivity index (χ0) is 8.24. The maximum Gasteiger partial charge on any atom is 0.335 e. The lowest BCUT2D eigenvalue weighted by Gasteiger charge is -1.90. The van der Waals surface area contributed by atoms with Gasteiger partial charge in [-0.3, -0.25) is 0 Å². The van der Waals surface area contributed by atoms with E-state index in [0.29, 0.717) is 0 Å². The van der Waals surface area contributed by atoms with E-state index in [9.17, 15) is 0 Å². The summed E-state index contributed by atoms with van der Waals surface area (Å²) in [6.45, 7) is 8.81. The van der Waals surface area contributed by atoms with Crippen molar-refractivity contribution in [1.82, 2.24) is 5.32 Å². The van der Waals surface area contributed by atoms with Crippen molar-refractivity contribution in [2.75, 3.05) is 13.1 Å². The van der Waals surface area contributed by atoms with Crippen molar-refractivity contribution in [3.05, 3.63) is 25.3 Å². The van der Waals surface area contributed by atoms with E-state index in [-0.39, 0.29) is 12.4 Å². The van der Waals surface area contributed by atoms with Gasteiger partial charge in [0.1, 0.15) is 0 Å². The lowest BCUT2D eigenvalue weighted by molar-refractivity contribution is 0.630. The van der Waals surface area contributed by atoms with E-state index in [4.69, 9.17) is 8.42 Å². The zero-order valence-electron chi connectivity index (χ0n) is 6.12. The summed E-state index contributed by atoms with van der Waals surface area (Å²) in [5, 5.41) is 3.05. The van der Waals surface area contributed by atoms with Crippen LogP contribution in [0.15, 0.2) is 25.3 Å². The van der Waals surface area contributed by atoms with Crippen LogP contribution in [0.1, 0.15) is 0 Å². The fourth-order valence-corrected chi connectivity index (χ4v) is 0.287. The summed E-state index contributed by atoms with van der Waals surface area (Å²) < 4.78 is 16.6. The van der Waals surface area contributed by atoms with Crippen LogP contribution in [0.25, 0.3) is 0 Å². The first kappa shape index (κ1) is 16.9. The molecule has 0 aliphatic rings. The molecule has 5 heteroatoms. The molecule has 1 N–H and O–H groups in total. The second kappa shape index (κ2) is 22.7. The maximum absolute atomic E-state index is 8.29. The van der Waals surface area contributed by atoms with E-state index in [1.807, 2.05) is 12.2 Å². The molecule has 0 heterocycles. The predicted molar refractivity (Wildman–Crippen MR) is 49.4 cm³/mol. The molecule has 0 amide bonds. The highest BCUT2D eigenvalue weighted by Crippen LogP contribution is 1.59. The van der Waals surface area contributed by atoms with Gasteiger partial charge in [-0.25, -0.2) is 0 Å². The average Bonchev–Trinajstić information content (AvgIpc) is 1.91. The second-order valence-electron chi connectivity index (χ2n) is 1.30. The molecule has 0 atom stereocenters. The standard InChI is InChI=1S/C6H11N.ClH.O2S/c1-3-5-7-6-4-2;;1-3-2/h3-4,7H,1-2,5-6H2;1H;. The molecule has 0 aromatic rings. The van der Waals surface area contributed by atoms with E-state index in [2.05, 4.69) is 18.5 Å². The molecule has 0 fully saturated rings. The SMILES string of the molecule is C=CCNCC=C.Cl.O=S=O. The van der Waals surface area contributed by atoms with Gasteiger partial charge in [-0.2, -0.15) is 8.42 Å². The summed E-state index contributed by atoms with van der Waals surface area (Å²) in [7, 11) is 0. The molecule has 0 aliphatic heterocycles. The Balaban J connectivity index is -0.000000140. The minimum Gasteiger partial charge on any atom is -0.310 e. The molecule has 0 aliphatic carbocycles. The van der Waals surface area contributed by atoms with Crippen LogP contribution >= 0.6 is 12.4 Å². The van der Waals surface area contributed by atoms with E-state index < -0.39 is 11.6 Å². The average molecular weight is 198 g/mol. The fraction of sp³-hybridized carbons (Fsp3) is 0.333. The normalized spacial score (nSPS) is 6.18. The number of halogens is 1. The van der Waals surface area contributed by atoms with Gasteiger partial charge in [0.25, 0.3) is 0 Å². The molecule has 0 spiro atoms. The molecule has 0 aromatic carbocycles. The fourth-order valence-electron chi connectivity index (χ4n) is 0.287. The van der Waals surface area contributed by atoms with Crippen molar-refractivity contribution in [2.24, 2.45) is 0 Å². The summed E-state index contributed by atoms with van der Waals surface area (Å²) in [6, 6.07) is 0. The monoisotopic (exact) mass is 197 g/mol. The second-order valence-corrected chi connectivity index (χ2v) is 1.44. The minimum atomic E-state index is -0.750. The molecule has 0 unspecified atom stereocenters. The third-order valence-electron chi connectivity index (χ3n) is 0.577. The highest BCUT2D eigenvalue weighted by atomic mass is 35.5. The van der Waals surface area contributed by atoms with E-state index in [1.54, 1.807) is 0 Å². The smallest absolute Gasteiger partial charge is 0.310 e. The lowest BCUT2D eigenvalue weighted by atomic mass is 10.5. The molecule has 11 heavy (non-hydrogen) atoms. The first-order chi connectivity index (χ1) is 4.83. The predicted octanol–water partition coefficient (Wildman–Crippen LogP) is 0.700.